The molecule has 0 aliphatic carbocycles. The Labute approximate surface area is 149 Å². The van der Waals surface area contributed by atoms with Gasteiger partial charge in [0.1, 0.15) is 6.61 Å². The molecule has 2 aliphatic heterocycles. The van der Waals surface area contributed by atoms with Crippen LogP contribution in [0.15, 0.2) is 36.4 Å². The number of nitrogens with zero attached hydrogens (tertiary/aromatic N) is 1. The summed E-state index contributed by atoms with van der Waals surface area (Å²) in [6.45, 7) is 7.80. The first-order valence-electron chi connectivity index (χ1n) is 9.18. The molecule has 1 atom stereocenters. The molecule has 0 bridgehead atoms. The van der Waals surface area contributed by atoms with Crippen molar-refractivity contribution < 1.29 is 9.84 Å². The monoisotopic (exact) mass is 338 g/mol. The molecular formula is C21H26N2O2. The molecule has 2 aromatic carbocycles. The number of nitrogens with one attached hydrogen (secondary N) is 1. The van der Waals surface area contributed by atoms with E-state index < -0.39 is 0 Å². The smallest absolute Gasteiger partial charge is 0.165 e. The van der Waals surface area contributed by atoms with Crippen LogP contribution in [0.5, 0.6) is 11.5 Å². The molecule has 1 fully saturated rings. The second-order valence-corrected chi connectivity index (χ2v) is 7.24. The molecule has 0 amide bonds. The van der Waals surface area contributed by atoms with Crippen LogP contribution in [-0.2, 0) is 6.54 Å². The van der Waals surface area contributed by atoms with E-state index in [4.69, 9.17) is 4.74 Å². The van der Waals surface area contributed by atoms with E-state index in [0.29, 0.717) is 12.4 Å². The van der Waals surface area contributed by atoms with Crippen LogP contribution in [0, 0.1) is 12.8 Å². The van der Waals surface area contributed by atoms with Crippen molar-refractivity contribution in [2.24, 2.45) is 5.92 Å². The first kappa shape index (κ1) is 16.4. The van der Waals surface area contributed by atoms with Crippen molar-refractivity contribution in [3.63, 3.8) is 0 Å². The second-order valence-electron chi connectivity index (χ2n) is 7.24. The summed E-state index contributed by atoms with van der Waals surface area (Å²) in [5, 5.41) is 14.0. The quantitative estimate of drug-likeness (QED) is 0.902. The van der Waals surface area contributed by atoms with Gasteiger partial charge in [-0.05, 0) is 61.2 Å². The normalized spacial score (nSPS) is 20.8. The van der Waals surface area contributed by atoms with E-state index in [1.807, 2.05) is 18.2 Å². The molecule has 0 aromatic heterocycles. The van der Waals surface area contributed by atoms with Crippen LogP contribution < -0.4 is 10.1 Å². The van der Waals surface area contributed by atoms with Gasteiger partial charge in [0, 0.05) is 25.2 Å². The first-order chi connectivity index (χ1) is 12.2. The number of aromatic hydroxyl groups is 1. The van der Waals surface area contributed by atoms with Gasteiger partial charge in [-0.2, -0.15) is 0 Å². The summed E-state index contributed by atoms with van der Waals surface area (Å²) < 4.78 is 5.89. The summed E-state index contributed by atoms with van der Waals surface area (Å²) in [6, 6.07) is 12.3. The maximum Gasteiger partial charge on any atom is 0.165 e. The Balaban J connectivity index is 1.63. The van der Waals surface area contributed by atoms with Gasteiger partial charge in [-0.1, -0.05) is 24.3 Å². The van der Waals surface area contributed by atoms with Crippen LogP contribution >= 0.6 is 0 Å². The molecule has 0 saturated carbocycles. The van der Waals surface area contributed by atoms with Crippen molar-refractivity contribution in [1.82, 2.24) is 10.2 Å². The SMILES string of the molecule is Cc1ccccc1-c1cc(O)c2c(c1)CN(C[C@H]1CCNC1)CCO2. The van der Waals surface area contributed by atoms with Crippen LogP contribution in [0.4, 0.5) is 0 Å². The maximum atomic E-state index is 10.5. The first-order valence-corrected chi connectivity index (χ1v) is 9.18. The highest BCUT2D eigenvalue weighted by Crippen LogP contribution is 2.38. The third-order valence-corrected chi connectivity index (χ3v) is 5.33. The number of fused-ring (bicyclic) bond motifs is 1. The molecule has 4 rings (SSSR count). The van der Waals surface area contributed by atoms with Crippen molar-refractivity contribution >= 4 is 0 Å². The fourth-order valence-corrected chi connectivity index (χ4v) is 4.00. The maximum absolute atomic E-state index is 10.5. The van der Waals surface area contributed by atoms with Gasteiger partial charge in [-0.25, -0.2) is 0 Å². The Morgan fingerprint density at radius 3 is 2.96 bits per heavy atom. The summed E-state index contributed by atoms with van der Waals surface area (Å²) in [7, 11) is 0. The summed E-state index contributed by atoms with van der Waals surface area (Å²) >= 11 is 0. The summed E-state index contributed by atoms with van der Waals surface area (Å²) in [4.78, 5) is 2.46. The van der Waals surface area contributed by atoms with E-state index >= 15 is 0 Å². The van der Waals surface area contributed by atoms with Crippen molar-refractivity contribution in [2.75, 3.05) is 32.8 Å². The summed E-state index contributed by atoms with van der Waals surface area (Å²) in [5.74, 6) is 1.62. The summed E-state index contributed by atoms with van der Waals surface area (Å²) in [6.07, 6.45) is 1.25. The fourth-order valence-electron chi connectivity index (χ4n) is 4.00. The third kappa shape index (κ3) is 3.51. The van der Waals surface area contributed by atoms with E-state index in [-0.39, 0.29) is 5.75 Å². The molecule has 1 saturated heterocycles. The Morgan fingerprint density at radius 1 is 1.28 bits per heavy atom. The van der Waals surface area contributed by atoms with Gasteiger partial charge in [-0.3, -0.25) is 4.90 Å². The van der Waals surface area contributed by atoms with Gasteiger partial charge in [-0.15, -0.1) is 0 Å². The van der Waals surface area contributed by atoms with Crippen LogP contribution in [0.2, 0.25) is 0 Å². The van der Waals surface area contributed by atoms with Gasteiger partial charge in [0.25, 0.3) is 0 Å². The predicted octanol–water partition coefficient (Wildman–Crippen LogP) is 3.17. The molecule has 0 unspecified atom stereocenters. The lowest BCUT2D eigenvalue weighted by atomic mass is 9.97. The molecular weight excluding hydrogens is 312 g/mol. The van der Waals surface area contributed by atoms with E-state index in [2.05, 4.69) is 35.3 Å². The second kappa shape index (κ2) is 7.06. The number of hydrogen-bond acceptors (Lipinski definition) is 4. The number of aryl methyl sites for hydroxylation is 1. The minimum absolute atomic E-state index is 0.250. The Kier molecular flexibility index (Phi) is 4.64. The summed E-state index contributed by atoms with van der Waals surface area (Å²) in [5.41, 5.74) is 4.52. The van der Waals surface area contributed by atoms with Gasteiger partial charge in [0.15, 0.2) is 11.5 Å². The van der Waals surface area contributed by atoms with Crippen LogP contribution in [0.1, 0.15) is 17.5 Å². The number of benzene rings is 2. The minimum atomic E-state index is 0.250. The third-order valence-electron chi connectivity index (χ3n) is 5.33. The van der Waals surface area contributed by atoms with Gasteiger partial charge in [0.05, 0.1) is 0 Å². The van der Waals surface area contributed by atoms with Gasteiger partial charge in [0.2, 0.25) is 0 Å². The molecule has 2 aromatic rings. The number of ether oxygens (including phenoxy) is 1. The van der Waals surface area contributed by atoms with Crippen LogP contribution in [-0.4, -0.2) is 42.8 Å². The molecule has 2 heterocycles. The number of rotatable bonds is 3. The number of phenols is 1. The zero-order valence-corrected chi connectivity index (χ0v) is 14.8. The van der Waals surface area contributed by atoms with Crippen molar-refractivity contribution in [1.29, 1.82) is 0 Å². The van der Waals surface area contributed by atoms with E-state index in [1.54, 1.807) is 0 Å². The van der Waals surface area contributed by atoms with Crippen LogP contribution in [0.3, 0.4) is 0 Å². The average Bonchev–Trinajstić information content (AvgIpc) is 3.01. The van der Waals surface area contributed by atoms with Gasteiger partial charge >= 0.3 is 0 Å². The Hall–Kier alpha value is -2.04. The average molecular weight is 338 g/mol. The van der Waals surface area contributed by atoms with Crippen molar-refractivity contribution in [2.45, 2.75) is 19.9 Å². The van der Waals surface area contributed by atoms with Gasteiger partial charge < -0.3 is 15.2 Å². The zero-order chi connectivity index (χ0) is 17.2. The minimum Gasteiger partial charge on any atom is -0.504 e. The highest BCUT2D eigenvalue weighted by molar-refractivity contribution is 5.71. The predicted molar refractivity (Wildman–Crippen MR) is 100 cm³/mol. The molecule has 2 N–H and O–H groups in total. The van der Waals surface area contributed by atoms with E-state index in [9.17, 15) is 5.11 Å². The number of phenolic OH excluding ortho intramolecular Hbond substituents is 1. The fraction of sp³-hybridized carbons (Fsp3) is 0.429. The molecule has 4 nitrogen and oxygen atoms in total. The largest absolute Gasteiger partial charge is 0.504 e. The van der Waals surface area contributed by atoms with E-state index in [0.717, 1.165) is 55.3 Å². The molecule has 0 radical (unpaired) electrons. The van der Waals surface area contributed by atoms with E-state index in [1.165, 1.54) is 12.0 Å². The van der Waals surface area contributed by atoms with Crippen molar-refractivity contribution in [3.05, 3.63) is 47.5 Å². The molecule has 0 spiro atoms. The molecule has 2 aliphatic rings. The molecule has 4 heteroatoms. The lowest BCUT2D eigenvalue weighted by molar-refractivity contribution is 0.201. The number of hydrogen-bond donors (Lipinski definition) is 2. The zero-order valence-electron chi connectivity index (χ0n) is 14.8. The van der Waals surface area contributed by atoms with Crippen LogP contribution in [0.25, 0.3) is 11.1 Å². The van der Waals surface area contributed by atoms with Crippen molar-refractivity contribution in [3.8, 4) is 22.6 Å². The highest BCUT2D eigenvalue weighted by atomic mass is 16.5. The topological polar surface area (TPSA) is 44.7 Å². The molecule has 132 valence electrons. The Bertz CT molecular complexity index is 754. The Morgan fingerprint density at radius 2 is 2.16 bits per heavy atom. The lowest BCUT2D eigenvalue weighted by Gasteiger charge is -2.23. The molecule has 25 heavy (non-hydrogen) atoms. The lowest BCUT2D eigenvalue weighted by Crippen LogP contribution is -2.32. The standard InChI is InChI=1S/C21H26N2O2/c1-15-4-2-3-5-19(15)17-10-18-14-23(13-16-6-7-22-12-16)8-9-25-21(18)20(24)11-17/h2-5,10-11,16,22,24H,6-9,12-14H2,1H3/t16-/m0/s1. The highest BCUT2D eigenvalue weighted by Gasteiger charge is 2.23.